The number of unbranched alkanes of at least 4 members (excludes halogenated alkanes) is 21. The highest BCUT2D eigenvalue weighted by atomic mass is 31.2. The highest BCUT2D eigenvalue weighted by molar-refractivity contribution is 7.47. The van der Waals surface area contributed by atoms with Crippen molar-refractivity contribution < 1.29 is 47.8 Å². The third kappa shape index (κ3) is 42.1. The Morgan fingerprint density at radius 3 is 1.36 bits per heavy atom. The van der Waals surface area contributed by atoms with Crippen LogP contribution in [-0.4, -0.2) is 65.7 Å². The lowest BCUT2D eigenvalue weighted by Gasteiger charge is -2.20. The van der Waals surface area contributed by atoms with Gasteiger partial charge < -0.3 is 24.6 Å². The number of allylic oxidation sites excluding steroid dienone is 8. The Balaban J connectivity index is 4.28. The van der Waals surface area contributed by atoms with Crippen LogP contribution in [0, 0.1) is 0 Å². The second kappa shape index (κ2) is 43.0. The Bertz CT molecular complexity index is 1110. The largest absolute Gasteiger partial charge is 0.472 e. The second-order valence-electron chi connectivity index (χ2n) is 15.4. The van der Waals surface area contributed by atoms with Crippen LogP contribution in [0.2, 0.25) is 0 Å². The van der Waals surface area contributed by atoms with E-state index < -0.39 is 51.8 Å². The van der Waals surface area contributed by atoms with Crippen LogP contribution < -0.4 is 0 Å². The SMILES string of the molecule is CCCCC/C=C\C/C=C\CCCCCCCCCCCC(=O)OC(COC(=O)CCCCCCC/C=C\C/C=C\CCCCCC)COP(=O)(O)OCC(O)CO. The van der Waals surface area contributed by atoms with Gasteiger partial charge in [0, 0.05) is 12.8 Å². The number of carbonyl (C=O) groups is 2. The number of phosphoric acid groups is 1. The first-order valence-electron chi connectivity index (χ1n) is 23.1. The predicted octanol–water partition coefficient (Wildman–Crippen LogP) is 12.5. The number of rotatable bonds is 43. The molecule has 0 aromatic rings. The monoisotopic (exact) mass is 841 g/mol. The van der Waals surface area contributed by atoms with Gasteiger partial charge in [-0.05, 0) is 77.0 Å². The number of aliphatic hydroxyl groups excluding tert-OH is 2. The molecule has 3 unspecified atom stereocenters. The van der Waals surface area contributed by atoms with Crippen LogP contribution >= 0.6 is 7.82 Å². The van der Waals surface area contributed by atoms with Crippen LogP contribution in [0.1, 0.15) is 200 Å². The molecule has 0 aliphatic rings. The molecule has 0 heterocycles. The van der Waals surface area contributed by atoms with Crippen LogP contribution in [0.4, 0.5) is 0 Å². The number of carbonyl (C=O) groups excluding carboxylic acids is 2. The van der Waals surface area contributed by atoms with Crippen molar-refractivity contribution in [3.63, 3.8) is 0 Å². The Hall–Kier alpha value is -2.07. The number of aliphatic hydroxyl groups is 2. The van der Waals surface area contributed by atoms with Gasteiger partial charge in [-0.25, -0.2) is 4.57 Å². The van der Waals surface area contributed by atoms with Crippen LogP contribution in [0.15, 0.2) is 48.6 Å². The van der Waals surface area contributed by atoms with E-state index in [9.17, 15) is 24.2 Å². The highest BCUT2D eigenvalue weighted by Gasteiger charge is 2.27. The Labute approximate surface area is 353 Å². The number of esters is 2. The van der Waals surface area contributed by atoms with Crippen molar-refractivity contribution in [1.82, 2.24) is 0 Å². The van der Waals surface area contributed by atoms with Crippen molar-refractivity contribution in [2.75, 3.05) is 26.4 Å². The maximum absolute atomic E-state index is 12.6. The molecular formula is C47H85O10P. The zero-order chi connectivity index (χ0) is 42.6. The molecule has 0 bridgehead atoms. The minimum Gasteiger partial charge on any atom is -0.462 e. The zero-order valence-corrected chi connectivity index (χ0v) is 37.6. The summed E-state index contributed by atoms with van der Waals surface area (Å²) in [7, 11) is -4.62. The molecular weight excluding hydrogens is 755 g/mol. The summed E-state index contributed by atoms with van der Waals surface area (Å²) in [4.78, 5) is 35.1. The van der Waals surface area contributed by atoms with Gasteiger partial charge in [-0.2, -0.15) is 0 Å². The first-order valence-corrected chi connectivity index (χ1v) is 24.6. The van der Waals surface area contributed by atoms with Gasteiger partial charge in [0.05, 0.1) is 19.8 Å². The molecule has 0 aliphatic heterocycles. The lowest BCUT2D eigenvalue weighted by molar-refractivity contribution is -0.161. The van der Waals surface area contributed by atoms with Crippen molar-refractivity contribution >= 4 is 19.8 Å². The molecule has 3 atom stereocenters. The van der Waals surface area contributed by atoms with E-state index in [1.807, 2.05) is 0 Å². The Kier molecular flexibility index (Phi) is 41.5. The lowest BCUT2D eigenvalue weighted by atomic mass is 10.1. The van der Waals surface area contributed by atoms with E-state index in [2.05, 4.69) is 62.5 Å². The van der Waals surface area contributed by atoms with E-state index in [1.165, 1.54) is 89.9 Å². The van der Waals surface area contributed by atoms with E-state index in [0.29, 0.717) is 12.8 Å². The summed E-state index contributed by atoms with van der Waals surface area (Å²) in [6.45, 7) is 2.33. The molecule has 0 saturated heterocycles. The molecule has 3 N–H and O–H groups in total. The van der Waals surface area contributed by atoms with E-state index >= 15 is 0 Å². The van der Waals surface area contributed by atoms with E-state index in [4.69, 9.17) is 23.6 Å². The topological polar surface area (TPSA) is 149 Å². The maximum atomic E-state index is 12.6. The summed E-state index contributed by atoms with van der Waals surface area (Å²) >= 11 is 0. The third-order valence-corrected chi connectivity index (χ3v) is 10.7. The van der Waals surface area contributed by atoms with Crippen molar-refractivity contribution in [3.05, 3.63) is 48.6 Å². The van der Waals surface area contributed by atoms with Gasteiger partial charge in [-0.1, -0.05) is 159 Å². The van der Waals surface area contributed by atoms with Gasteiger partial charge >= 0.3 is 19.8 Å². The molecule has 0 saturated carbocycles. The summed E-state index contributed by atoms with van der Waals surface area (Å²) in [5.41, 5.74) is 0. The molecule has 11 heteroatoms. The van der Waals surface area contributed by atoms with Crippen molar-refractivity contribution in [2.45, 2.75) is 212 Å². The fourth-order valence-electron chi connectivity index (χ4n) is 6.11. The molecule has 0 rings (SSSR count). The molecule has 58 heavy (non-hydrogen) atoms. The van der Waals surface area contributed by atoms with Crippen LogP contribution in [-0.2, 0) is 32.7 Å². The van der Waals surface area contributed by atoms with Gasteiger partial charge in [0.1, 0.15) is 12.7 Å². The molecule has 338 valence electrons. The summed E-state index contributed by atoms with van der Waals surface area (Å²) in [5.74, 6) is -0.944. The minimum absolute atomic E-state index is 0.175. The fraction of sp³-hybridized carbons (Fsp3) is 0.787. The van der Waals surface area contributed by atoms with E-state index in [1.54, 1.807) is 0 Å². The summed E-state index contributed by atoms with van der Waals surface area (Å²) in [6.07, 6.45) is 46.4. The standard InChI is InChI=1S/C47H85O10P/c1-3-5-7-9-11-13-15-17-19-21-22-23-25-27-29-31-33-35-37-39-47(51)57-45(43-56-58(52,53)55-41-44(49)40-48)42-54-46(50)38-36-34-32-30-28-26-24-20-18-16-14-12-10-8-6-4-2/h11,13-14,16-17,19-20,24,44-45,48-49H,3-10,12,15,18,21-23,25-43H2,1-2H3,(H,52,53)/b13-11-,16-14-,19-17-,24-20-. The molecule has 0 aliphatic carbocycles. The first kappa shape index (κ1) is 55.9. The Morgan fingerprint density at radius 2 is 0.897 bits per heavy atom. The molecule has 0 spiro atoms. The van der Waals surface area contributed by atoms with Crippen molar-refractivity contribution in [3.8, 4) is 0 Å². The lowest BCUT2D eigenvalue weighted by Crippen LogP contribution is -2.29. The van der Waals surface area contributed by atoms with Crippen molar-refractivity contribution in [2.24, 2.45) is 0 Å². The van der Waals surface area contributed by atoms with Gasteiger partial charge in [0.15, 0.2) is 6.10 Å². The molecule has 0 fully saturated rings. The summed E-state index contributed by atoms with van der Waals surface area (Å²) in [6, 6.07) is 0. The number of hydrogen-bond acceptors (Lipinski definition) is 9. The van der Waals surface area contributed by atoms with Crippen LogP contribution in [0.3, 0.4) is 0 Å². The molecule has 0 aromatic carbocycles. The van der Waals surface area contributed by atoms with E-state index in [0.717, 1.165) is 70.6 Å². The fourth-order valence-corrected chi connectivity index (χ4v) is 6.90. The molecule has 10 nitrogen and oxygen atoms in total. The van der Waals surface area contributed by atoms with Crippen molar-refractivity contribution in [1.29, 1.82) is 0 Å². The number of phosphoric ester groups is 1. The quantitative estimate of drug-likeness (QED) is 0.0234. The average Bonchev–Trinajstić information content (AvgIpc) is 3.21. The number of ether oxygens (including phenoxy) is 2. The molecule has 0 radical (unpaired) electrons. The molecule has 0 aromatic heterocycles. The predicted molar refractivity (Wildman–Crippen MR) is 237 cm³/mol. The maximum Gasteiger partial charge on any atom is 0.472 e. The van der Waals surface area contributed by atoms with Gasteiger partial charge in [-0.15, -0.1) is 0 Å². The van der Waals surface area contributed by atoms with Crippen LogP contribution in [0.5, 0.6) is 0 Å². The van der Waals surface area contributed by atoms with Gasteiger partial charge in [0.2, 0.25) is 0 Å². The Morgan fingerprint density at radius 1 is 0.517 bits per heavy atom. The van der Waals surface area contributed by atoms with E-state index in [-0.39, 0.29) is 19.4 Å². The first-order chi connectivity index (χ1) is 28.2. The van der Waals surface area contributed by atoms with Crippen LogP contribution in [0.25, 0.3) is 0 Å². The second-order valence-corrected chi connectivity index (χ2v) is 16.9. The normalized spacial score (nSPS) is 14.2. The average molecular weight is 841 g/mol. The zero-order valence-electron chi connectivity index (χ0n) is 36.8. The summed E-state index contributed by atoms with van der Waals surface area (Å²) in [5, 5.41) is 18.4. The number of hydrogen-bond donors (Lipinski definition) is 3. The highest BCUT2D eigenvalue weighted by Crippen LogP contribution is 2.43. The smallest absolute Gasteiger partial charge is 0.462 e. The summed E-state index contributed by atoms with van der Waals surface area (Å²) < 4.78 is 32.8. The minimum atomic E-state index is -4.62. The molecule has 0 amide bonds. The third-order valence-electron chi connectivity index (χ3n) is 9.71. The van der Waals surface area contributed by atoms with Gasteiger partial charge in [0.25, 0.3) is 0 Å². The van der Waals surface area contributed by atoms with Gasteiger partial charge in [-0.3, -0.25) is 18.6 Å².